The van der Waals surface area contributed by atoms with Crippen molar-refractivity contribution in [2.24, 2.45) is 0 Å². The third kappa shape index (κ3) is 2.73. The topological polar surface area (TPSA) is 91.1 Å². The van der Waals surface area contributed by atoms with Gasteiger partial charge in [0, 0.05) is 30.0 Å². The number of hydrogen-bond acceptors (Lipinski definition) is 4. The van der Waals surface area contributed by atoms with Crippen LogP contribution in [0.15, 0.2) is 23.0 Å². The van der Waals surface area contributed by atoms with Crippen LogP contribution >= 0.6 is 0 Å². The number of para-hydroxylation sites is 1. The summed E-state index contributed by atoms with van der Waals surface area (Å²) in [6, 6.07) is 5.80. The summed E-state index contributed by atoms with van der Waals surface area (Å²) in [5, 5.41) is 6.43. The van der Waals surface area contributed by atoms with E-state index in [0.717, 1.165) is 18.4 Å². The number of H-pyrrole nitrogens is 2. The van der Waals surface area contributed by atoms with Gasteiger partial charge in [-0.3, -0.25) is 9.78 Å². The summed E-state index contributed by atoms with van der Waals surface area (Å²) in [6.45, 7) is 6.09. The van der Waals surface area contributed by atoms with Gasteiger partial charge in [-0.15, -0.1) is 0 Å². The van der Waals surface area contributed by atoms with E-state index >= 15 is 0 Å². The molecule has 1 aromatic carbocycles. The molecule has 2 N–H and O–H groups in total. The Kier molecular flexibility index (Phi) is 3.67. The molecule has 1 atom stereocenters. The number of hydrogen-bond donors (Lipinski definition) is 2. The van der Waals surface area contributed by atoms with Gasteiger partial charge in [-0.1, -0.05) is 26.0 Å². The molecule has 25 heavy (non-hydrogen) atoms. The predicted molar refractivity (Wildman–Crippen MR) is 92.0 cm³/mol. The summed E-state index contributed by atoms with van der Waals surface area (Å²) in [5.41, 5.74) is 1.32. The van der Waals surface area contributed by atoms with Crippen LogP contribution in [0.2, 0.25) is 0 Å². The SMILES string of the molecule is CC1(C)COc2c(C(=O)N3CCCC(c4n[nH]c(=O)[nH]4)C3)cccc21. The number of carbonyl (C=O) groups is 1. The highest BCUT2D eigenvalue weighted by Gasteiger charge is 2.36. The van der Waals surface area contributed by atoms with Crippen LogP contribution in [0.1, 0.15) is 54.4 Å². The molecule has 4 rings (SSSR count). The van der Waals surface area contributed by atoms with Crippen molar-refractivity contribution >= 4 is 5.91 Å². The van der Waals surface area contributed by atoms with E-state index in [1.807, 2.05) is 23.1 Å². The molecule has 0 saturated carbocycles. The van der Waals surface area contributed by atoms with Crippen molar-refractivity contribution in [1.29, 1.82) is 0 Å². The number of rotatable bonds is 2. The van der Waals surface area contributed by atoms with E-state index in [-0.39, 0.29) is 22.9 Å². The first-order valence-electron chi connectivity index (χ1n) is 8.66. The second-order valence-electron chi connectivity index (χ2n) is 7.51. The first-order valence-corrected chi connectivity index (χ1v) is 8.66. The Labute approximate surface area is 145 Å². The zero-order chi connectivity index (χ0) is 17.6. The minimum Gasteiger partial charge on any atom is -0.492 e. The van der Waals surface area contributed by atoms with Gasteiger partial charge in [-0.05, 0) is 18.9 Å². The van der Waals surface area contributed by atoms with Gasteiger partial charge >= 0.3 is 5.69 Å². The number of amides is 1. The molecule has 2 aliphatic rings. The molecule has 3 heterocycles. The lowest BCUT2D eigenvalue weighted by Crippen LogP contribution is -2.39. The van der Waals surface area contributed by atoms with Crippen LogP contribution in [0, 0.1) is 0 Å². The molecule has 1 fully saturated rings. The summed E-state index contributed by atoms with van der Waals surface area (Å²) in [5.74, 6) is 1.37. The highest BCUT2D eigenvalue weighted by Crippen LogP contribution is 2.41. The van der Waals surface area contributed by atoms with Gasteiger partial charge in [0.15, 0.2) is 0 Å². The summed E-state index contributed by atoms with van der Waals surface area (Å²) < 4.78 is 5.86. The number of benzene rings is 1. The van der Waals surface area contributed by atoms with E-state index in [4.69, 9.17) is 4.74 Å². The molecule has 1 saturated heterocycles. The second-order valence-corrected chi connectivity index (χ2v) is 7.51. The minimum absolute atomic E-state index is 0.0165. The van der Waals surface area contributed by atoms with Crippen LogP contribution in [0.25, 0.3) is 0 Å². The van der Waals surface area contributed by atoms with Crippen molar-refractivity contribution in [1.82, 2.24) is 20.1 Å². The Morgan fingerprint density at radius 1 is 1.40 bits per heavy atom. The van der Waals surface area contributed by atoms with Gasteiger partial charge in [0.1, 0.15) is 11.6 Å². The standard InChI is InChI=1S/C18H22N4O3/c1-18(2)10-25-14-12(6-3-7-13(14)18)16(23)22-8-4-5-11(9-22)15-19-17(24)21-20-15/h3,6-7,11H,4-5,8-10H2,1-2H3,(H2,19,20,21,24). The molecule has 2 aliphatic heterocycles. The lowest BCUT2D eigenvalue weighted by atomic mass is 9.86. The van der Waals surface area contributed by atoms with Gasteiger partial charge in [0.2, 0.25) is 0 Å². The third-order valence-electron chi connectivity index (χ3n) is 5.17. The number of fused-ring (bicyclic) bond motifs is 1. The quantitative estimate of drug-likeness (QED) is 0.870. The molecule has 7 heteroatoms. The maximum absolute atomic E-state index is 13.1. The maximum Gasteiger partial charge on any atom is 0.340 e. The fraction of sp³-hybridized carbons (Fsp3) is 0.500. The average molecular weight is 342 g/mol. The molecular formula is C18H22N4O3. The predicted octanol–water partition coefficient (Wildman–Crippen LogP) is 1.79. The maximum atomic E-state index is 13.1. The first kappa shape index (κ1) is 15.9. The zero-order valence-electron chi connectivity index (χ0n) is 14.5. The molecule has 1 aromatic heterocycles. The largest absolute Gasteiger partial charge is 0.492 e. The highest BCUT2D eigenvalue weighted by molar-refractivity contribution is 5.97. The van der Waals surface area contributed by atoms with Gasteiger partial charge < -0.3 is 9.64 Å². The fourth-order valence-electron chi connectivity index (χ4n) is 3.76. The first-order chi connectivity index (χ1) is 12.0. The van der Waals surface area contributed by atoms with Crippen molar-refractivity contribution in [2.75, 3.05) is 19.7 Å². The van der Waals surface area contributed by atoms with Gasteiger partial charge in [-0.25, -0.2) is 9.89 Å². The smallest absolute Gasteiger partial charge is 0.340 e. The summed E-state index contributed by atoms with van der Waals surface area (Å²) in [7, 11) is 0. The molecule has 2 aromatic rings. The Hall–Kier alpha value is -2.57. The lowest BCUT2D eigenvalue weighted by Gasteiger charge is -2.32. The van der Waals surface area contributed by atoms with Crippen molar-refractivity contribution in [2.45, 2.75) is 38.0 Å². The normalized spacial score (nSPS) is 21.7. The molecule has 0 radical (unpaired) electrons. The number of ether oxygens (including phenoxy) is 1. The number of nitrogens with one attached hydrogen (secondary N) is 2. The van der Waals surface area contributed by atoms with Crippen LogP contribution < -0.4 is 10.4 Å². The molecule has 0 aliphatic carbocycles. The van der Waals surface area contributed by atoms with E-state index in [1.165, 1.54) is 0 Å². The van der Waals surface area contributed by atoms with Crippen LogP contribution in [0.4, 0.5) is 0 Å². The molecule has 7 nitrogen and oxygen atoms in total. The Balaban J connectivity index is 1.59. The van der Waals surface area contributed by atoms with Crippen LogP contribution in [-0.4, -0.2) is 45.7 Å². The van der Waals surface area contributed by atoms with Crippen molar-refractivity contribution < 1.29 is 9.53 Å². The second kappa shape index (κ2) is 5.75. The number of aromatic amines is 2. The zero-order valence-corrected chi connectivity index (χ0v) is 14.5. The van der Waals surface area contributed by atoms with Gasteiger partial charge in [0.25, 0.3) is 5.91 Å². The molecule has 132 valence electrons. The molecule has 1 unspecified atom stereocenters. The van der Waals surface area contributed by atoms with Crippen molar-refractivity contribution in [3.63, 3.8) is 0 Å². The molecule has 1 amide bonds. The molecular weight excluding hydrogens is 320 g/mol. The number of piperidine rings is 1. The van der Waals surface area contributed by atoms with Crippen molar-refractivity contribution in [3.8, 4) is 5.75 Å². The summed E-state index contributed by atoms with van der Waals surface area (Å²) in [6.07, 6.45) is 1.79. The Morgan fingerprint density at radius 2 is 2.24 bits per heavy atom. The van der Waals surface area contributed by atoms with Gasteiger partial charge in [0.05, 0.1) is 12.2 Å². The van der Waals surface area contributed by atoms with Crippen LogP contribution in [0.3, 0.4) is 0 Å². The highest BCUT2D eigenvalue weighted by atomic mass is 16.5. The number of nitrogens with zero attached hydrogens (tertiary/aromatic N) is 2. The fourth-order valence-corrected chi connectivity index (χ4v) is 3.76. The number of likely N-dealkylation sites (tertiary alicyclic amines) is 1. The Morgan fingerprint density at radius 3 is 3.00 bits per heavy atom. The third-order valence-corrected chi connectivity index (χ3v) is 5.17. The van der Waals surface area contributed by atoms with Crippen molar-refractivity contribution in [3.05, 3.63) is 45.6 Å². The molecule has 0 bridgehead atoms. The van der Waals surface area contributed by atoms with Crippen LogP contribution in [-0.2, 0) is 5.41 Å². The number of aromatic nitrogens is 3. The monoisotopic (exact) mass is 342 g/mol. The van der Waals surface area contributed by atoms with E-state index in [0.29, 0.717) is 36.8 Å². The van der Waals surface area contributed by atoms with E-state index in [2.05, 4.69) is 29.0 Å². The summed E-state index contributed by atoms with van der Waals surface area (Å²) in [4.78, 5) is 28.9. The van der Waals surface area contributed by atoms with E-state index < -0.39 is 0 Å². The van der Waals surface area contributed by atoms with E-state index in [1.54, 1.807) is 0 Å². The van der Waals surface area contributed by atoms with E-state index in [9.17, 15) is 9.59 Å². The summed E-state index contributed by atoms with van der Waals surface area (Å²) >= 11 is 0. The molecule has 0 spiro atoms. The average Bonchev–Trinajstić information content (AvgIpc) is 3.18. The minimum atomic E-state index is -0.310. The number of carbonyl (C=O) groups excluding carboxylic acids is 1. The lowest BCUT2D eigenvalue weighted by molar-refractivity contribution is 0.0701. The van der Waals surface area contributed by atoms with Crippen LogP contribution in [0.5, 0.6) is 5.75 Å². The van der Waals surface area contributed by atoms with Gasteiger partial charge in [-0.2, -0.15) is 5.10 Å². The Bertz CT molecular complexity index is 867.